The van der Waals surface area contributed by atoms with Gasteiger partial charge in [-0.3, -0.25) is 0 Å². The number of hydrogen-bond donors (Lipinski definition) is 1. The number of fused-ring (bicyclic) bond motifs is 1. The van der Waals surface area contributed by atoms with Crippen LogP contribution < -0.4 is 0 Å². The normalized spacial score (nSPS) is 18.8. The third-order valence-corrected chi connectivity index (χ3v) is 5.90. The maximum absolute atomic E-state index is 13.4. The molecule has 2 heterocycles. The topological polar surface area (TPSA) is 50.3 Å². The van der Waals surface area contributed by atoms with Crippen molar-refractivity contribution in [2.45, 2.75) is 50.3 Å². The molecule has 29 heavy (non-hydrogen) atoms. The van der Waals surface area contributed by atoms with Crippen LogP contribution in [0.4, 0.5) is 13.2 Å². The molecule has 3 aromatic rings. The first kappa shape index (κ1) is 18.2. The summed E-state index contributed by atoms with van der Waals surface area (Å²) in [7, 11) is 0. The smallest absolute Gasteiger partial charge is 0.388 e. The minimum atomic E-state index is -4.41. The van der Waals surface area contributed by atoms with Crippen LogP contribution in [0.1, 0.15) is 49.9 Å². The summed E-state index contributed by atoms with van der Waals surface area (Å²) in [5.41, 5.74) is 1.95. The molecule has 5 rings (SSSR count). The predicted molar refractivity (Wildman–Crippen MR) is 105 cm³/mol. The van der Waals surface area contributed by atoms with Crippen LogP contribution in [0.3, 0.4) is 0 Å². The van der Waals surface area contributed by atoms with Gasteiger partial charge in [-0.05, 0) is 55.0 Å². The van der Waals surface area contributed by atoms with Gasteiger partial charge in [-0.1, -0.05) is 35.8 Å². The number of H-pyrrole nitrogens is 1. The molecule has 7 heteroatoms. The zero-order valence-corrected chi connectivity index (χ0v) is 15.7. The van der Waals surface area contributed by atoms with E-state index >= 15 is 0 Å². The van der Waals surface area contributed by atoms with E-state index in [-0.39, 0.29) is 11.2 Å². The summed E-state index contributed by atoms with van der Waals surface area (Å²) in [5, 5.41) is 4.28. The van der Waals surface area contributed by atoms with Crippen molar-refractivity contribution in [3.63, 3.8) is 0 Å². The van der Waals surface area contributed by atoms with Crippen LogP contribution in [0.2, 0.25) is 0 Å². The molecule has 0 saturated heterocycles. The molecule has 0 radical (unpaired) electrons. The van der Waals surface area contributed by atoms with Gasteiger partial charge in [0.1, 0.15) is 11.3 Å². The summed E-state index contributed by atoms with van der Waals surface area (Å²) in [4.78, 5) is 13.6. The van der Waals surface area contributed by atoms with Gasteiger partial charge in [-0.25, -0.2) is 4.98 Å². The van der Waals surface area contributed by atoms with Crippen molar-refractivity contribution in [3.8, 4) is 11.1 Å². The Morgan fingerprint density at radius 2 is 1.79 bits per heavy atom. The molecule has 1 aliphatic carbocycles. The molecule has 1 aromatic heterocycles. The number of hydrogen-bond acceptors (Lipinski definition) is 3. The lowest BCUT2D eigenvalue weighted by Crippen LogP contribution is -2.31. The average molecular weight is 399 g/mol. The molecule has 4 nitrogen and oxygen atoms in total. The molecule has 1 N–H and O–H groups in total. The van der Waals surface area contributed by atoms with Gasteiger partial charge in [-0.15, -0.1) is 0 Å². The summed E-state index contributed by atoms with van der Waals surface area (Å²) in [6.07, 6.45) is 1.83. The highest BCUT2D eigenvalue weighted by atomic mass is 19.4. The Kier molecular flexibility index (Phi) is 4.15. The van der Waals surface area contributed by atoms with Gasteiger partial charge in [-0.2, -0.15) is 13.2 Å². The molecule has 2 aromatic carbocycles. The zero-order chi connectivity index (χ0) is 20.1. The number of halogens is 3. The molecule has 150 valence electrons. The van der Waals surface area contributed by atoms with Crippen LogP contribution in [-0.4, -0.2) is 21.3 Å². The van der Waals surface area contributed by atoms with E-state index in [1.165, 1.54) is 18.6 Å². The first-order chi connectivity index (χ1) is 13.9. The highest BCUT2D eigenvalue weighted by molar-refractivity contribution is 6.01. The van der Waals surface area contributed by atoms with Crippen LogP contribution in [0, 0.1) is 0 Å². The second kappa shape index (κ2) is 6.61. The van der Waals surface area contributed by atoms with Crippen LogP contribution in [0.15, 0.2) is 47.6 Å². The van der Waals surface area contributed by atoms with Crippen molar-refractivity contribution in [1.82, 2.24) is 9.97 Å². The van der Waals surface area contributed by atoms with Gasteiger partial charge in [0, 0.05) is 6.42 Å². The first-order valence-corrected chi connectivity index (χ1v) is 9.85. The number of aromatic amines is 1. The molecule has 0 atom stereocenters. The average Bonchev–Trinajstić information content (AvgIpc) is 3.32. The van der Waals surface area contributed by atoms with E-state index in [1.807, 2.05) is 0 Å². The second-order valence-electron chi connectivity index (χ2n) is 7.91. The Hall–Kier alpha value is -2.83. The van der Waals surface area contributed by atoms with Crippen molar-refractivity contribution < 1.29 is 18.0 Å². The highest BCUT2D eigenvalue weighted by Gasteiger charge is 2.41. The Balaban J connectivity index is 1.48. The maximum atomic E-state index is 13.4. The SMILES string of the molecule is FC(F)(F)c1ccccc1-c1ccc2nc(C3=NOC4(CCCCC4)C3)[nH]c2c1. The fourth-order valence-electron chi connectivity index (χ4n) is 4.41. The molecule has 0 amide bonds. The van der Waals surface area contributed by atoms with Gasteiger partial charge in [0.25, 0.3) is 0 Å². The van der Waals surface area contributed by atoms with Gasteiger partial charge in [0.05, 0.1) is 16.6 Å². The van der Waals surface area contributed by atoms with Crippen molar-refractivity contribution >= 4 is 16.7 Å². The first-order valence-electron chi connectivity index (χ1n) is 9.85. The Morgan fingerprint density at radius 1 is 1.00 bits per heavy atom. The molecular formula is C22H20F3N3O. The molecule has 1 spiro atoms. The number of oxime groups is 1. The standard InChI is InChI=1S/C22H20F3N3O/c23-22(24,25)16-7-3-2-6-15(16)14-8-9-17-18(12-14)27-20(26-17)19-13-21(29-28-19)10-4-1-5-11-21/h2-3,6-9,12H,1,4-5,10-11,13H2,(H,26,27). The molecule has 0 bridgehead atoms. The Bertz CT molecular complexity index is 1090. The lowest BCUT2D eigenvalue weighted by Gasteiger charge is -2.30. The second-order valence-corrected chi connectivity index (χ2v) is 7.91. The monoisotopic (exact) mass is 399 g/mol. The summed E-state index contributed by atoms with van der Waals surface area (Å²) in [6, 6.07) is 10.7. The molecule has 1 aliphatic heterocycles. The Morgan fingerprint density at radius 3 is 2.59 bits per heavy atom. The number of benzene rings is 2. The minimum Gasteiger partial charge on any atom is -0.388 e. The lowest BCUT2D eigenvalue weighted by molar-refractivity contribution is -0.137. The fraction of sp³-hybridized carbons (Fsp3) is 0.364. The van der Waals surface area contributed by atoms with Crippen molar-refractivity contribution in [1.29, 1.82) is 0 Å². The highest BCUT2D eigenvalue weighted by Crippen LogP contribution is 2.40. The van der Waals surface area contributed by atoms with E-state index in [2.05, 4.69) is 15.1 Å². The molecule has 1 saturated carbocycles. The summed E-state index contributed by atoms with van der Waals surface area (Å²) in [6.45, 7) is 0. The quantitative estimate of drug-likeness (QED) is 0.568. The minimum absolute atomic E-state index is 0.153. The van der Waals surface area contributed by atoms with Crippen LogP contribution in [0.5, 0.6) is 0 Å². The van der Waals surface area contributed by atoms with Crippen molar-refractivity contribution in [2.75, 3.05) is 0 Å². The van der Waals surface area contributed by atoms with Crippen LogP contribution in [0.25, 0.3) is 22.2 Å². The van der Waals surface area contributed by atoms with Crippen molar-refractivity contribution in [2.24, 2.45) is 5.16 Å². The third kappa shape index (κ3) is 3.28. The van der Waals surface area contributed by atoms with Gasteiger partial charge >= 0.3 is 6.18 Å². The third-order valence-electron chi connectivity index (χ3n) is 5.90. The summed E-state index contributed by atoms with van der Waals surface area (Å²) >= 11 is 0. The van der Waals surface area contributed by atoms with Gasteiger partial charge < -0.3 is 9.82 Å². The number of rotatable bonds is 2. The fourth-order valence-corrected chi connectivity index (χ4v) is 4.41. The molecule has 0 unspecified atom stereocenters. The number of imidazole rings is 1. The van der Waals surface area contributed by atoms with E-state index in [4.69, 9.17) is 4.84 Å². The molecular weight excluding hydrogens is 379 g/mol. The maximum Gasteiger partial charge on any atom is 0.417 e. The van der Waals surface area contributed by atoms with Crippen LogP contribution >= 0.6 is 0 Å². The molecule has 1 fully saturated rings. The summed E-state index contributed by atoms with van der Waals surface area (Å²) in [5.74, 6) is 0.628. The zero-order valence-electron chi connectivity index (χ0n) is 15.7. The van der Waals surface area contributed by atoms with E-state index in [9.17, 15) is 13.2 Å². The van der Waals surface area contributed by atoms with E-state index in [0.29, 0.717) is 22.4 Å². The van der Waals surface area contributed by atoms with E-state index in [0.717, 1.165) is 43.9 Å². The Labute approximate surface area is 165 Å². The van der Waals surface area contributed by atoms with Gasteiger partial charge in [0.2, 0.25) is 0 Å². The van der Waals surface area contributed by atoms with E-state index < -0.39 is 11.7 Å². The number of nitrogens with zero attached hydrogens (tertiary/aromatic N) is 2. The lowest BCUT2D eigenvalue weighted by atomic mass is 9.81. The molecule has 2 aliphatic rings. The number of alkyl halides is 3. The van der Waals surface area contributed by atoms with E-state index in [1.54, 1.807) is 24.3 Å². The summed E-state index contributed by atoms with van der Waals surface area (Å²) < 4.78 is 40.1. The van der Waals surface area contributed by atoms with Crippen LogP contribution in [-0.2, 0) is 11.0 Å². The largest absolute Gasteiger partial charge is 0.417 e. The van der Waals surface area contributed by atoms with Crippen molar-refractivity contribution in [3.05, 3.63) is 53.9 Å². The number of aromatic nitrogens is 2. The van der Waals surface area contributed by atoms with Gasteiger partial charge in [0.15, 0.2) is 5.82 Å². The predicted octanol–water partition coefficient (Wildman–Crippen LogP) is 6.08. The number of nitrogens with one attached hydrogen (secondary N) is 1.